The summed E-state index contributed by atoms with van der Waals surface area (Å²) in [7, 11) is 1.66. The summed E-state index contributed by atoms with van der Waals surface area (Å²) in [6.07, 6.45) is 0.257. The number of nitrogens with one attached hydrogen (secondary N) is 1. The molecule has 9 heteroatoms. The number of methoxy groups -OCH3 is 1. The van der Waals surface area contributed by atoms with Crippen molar-refractivity contribution in [1.82, 2.24) is 19.7 Å². The van der Waals surface area contributed by atoms with Crippen molar-refractivity contribution in [2.75, 3.05) is 12.4 Å². The van der Waals surface area contributed by atoms with Crippen LogP contribution in [0.25, 0.3) is 11.4 Å². The number of anilines is 1. The van der Waals surface area contributed by atoms with E-state index in [4.69, 9.17) is 4.74 Å². The van der Waals surface area contributed by atoms with Crippen molar-refractivity contribution in [3.63, 3.8) is 0 Å². The molecule has 33 heavy (non-hydrogen) atoms. The van der Waals surface area contributed by atoms with Crippen LogP contribution in [-0.4, -0.2) is 32.8 Å². The van der Waals surface area contributed by atoms with E-state index < -0.39 is 0 Å². The van der Waals surface area contributed by atoms with Crippen LogP contribution in [0.4, 0.5) is 5.69 Å². The highest BCUT2D eigenvalue weighted by Gasteiger charge is 2.17. The lowest BCUT2D eigenvalue weighted by molar-refractivity contribution is -0.115. The van der Waals surface area contributed by atoms with Gasteiger partial charge >= 0.3 is 0 Å². The molecule has 0 fully saturated rings. The van der Waals surface area contributed by atoms with Crippen molar-refractivity contribution in [1.29, 1.82) is 0 Å². The molecular weight excluding hydrogens is 454 g/mol. The Morgan fingerprint density at radius 3 is 2.73 bits per heavy atom. The molecule has 0 spiro atoms. The molecule has 0 aliphatic heterocycles. The molecule has 0 saturated heterocycles. The highest BCUT2D eigenvalue weighted by atomic mass is 32.2. The molecule has 2 aromatic heterocycles. The van der Waals surface area contributed by atoms with Gasteiger partial charge in [-0.2, -0.15) is 0 Å². The Kier molecular flexibility index (Phi) is 7.41. The first-order valence-corrected chi connectivity index (χ1v) is 12.4. The van der Waals surface area contributed by atoms with Gasteiger partial charge in [-0.05, 0) is 37.6 Å². The standard InChI is InChI=1S/C24H25N5O2S2/c1-4-29-23(18-10-6-8-12-20(18)31-3)27-28-24(29)33-15-17-14-32-22(25-17)13-21(30)26-19-11-7-5-9-16(19)2/h5-12,14H,4,13,15H2,1-3H3,(H,26,30). The van der Waals surface area contributed by atoms with Crippen molar-refractivity contribution < 1.29 is 9.53 Å². The molecule has 0 radical (unpaired) electrons. The van der Waals surface area contributed by atoms with E-state index in [1.165, 1.54) is 11.3 Å². The van der Waals surface area contributed by atoms with Gasteiger partial charge in [0.1, 0.15) is 10.8 Å². The number of carbonyl (C=O) groups is 1. The molecule has 0 saturated carbocycles. The first-order chi connectivity index (χ1) is 16.1. The highest BCUT2D eigenvalue weighted by molar-refractivity contribution is 7.98. The summed E-state index contributed by atoms with van der Waals surface area (Å²) in [6.45, 7) is 4.78. The molecule has 4 rings (SSSR count). The maximum absolute atomic E-state index is 12.4. The summed E-state index contributed by atoms with van der Waals surface area (Å²) in [6, 6.07) is 15.5. The Bertz CT molecular complexity index is 1250. The van der Waals surface area contributed by atoms with Crippen LogP contribution in [0.5, 0.6) is 5.75 Å². The zero-order valence-electron chi connectivity index (χ0n) is 18.7. The molecule has 2 heterocycles. The summed E-state index contributed by atoms with van der Waals surface area (Å²) in [5, 5.41) is 15.4. The third-order valence-corrected chi connectivity index (χ3v) is 6.96. The Balaban J connectivity index is 1.40. The number of ether oxygens (including phenoxy) is 1. The average Bonchev–Trinajstić information content (AvgIpc) is 3.45. The van der Waals surface area contributed by atoms with Crippen LogP contribution in [0.1, 0.15) is 23.2 Å². The first kappa shape index (κ1) is 23.0. The van der Waals surface area contributed by atoms with Gasteiger partial charge in [-0.25, -0.2) is 4.98 Å². The monoisotopic (exact) mass is 479 g/mol. The van der Waals surface area contributed by atoms with Crippen molar-refractivity contribution in [2.24, 2.45) is 0 Å². The van der Waals surface area contributed by atoms with Crippen LogP contribution < -0.4 is 10.1 Å². The van der Waals surface area contributed by atoms with Gasteiger partial charge in [-0.1, -0.05) is 42.1 Å². The van der Waals surface area contributed by atoms with Crippen LogP contribution in [0, 0.1) is 6.92 Å². The number of hydrogen-bond donors (Lipinski definition) is 1. The minimum atomic E-state index is -0.0648. The third-order valence-electron chi connectivity index (χ3n) is 5.06. The van der Waals surface area contributed by atoms with Gasteiger partial charge in [0.15, 0.2) is 11.0 Å². The maximum atomic E-state index is 12.4. The van der Waals surface area contributed by atoms with Gasteiger partial charge in [0, 0.05) is 23.4 Å². The molecule has 1 amide bonds. The van der Waals surface area contributed by atoms with E-state index in [0.717, 1.165) is 50.8 Å². The number of rotatable bonds is 9. The van der Waals surface area contributed by atoms with Crippen LogP contribution >= 0.6 is 23.1 Å². The molecule has 0 aliphatic carbocycles. The van der Waals surface area contributed by atoms with Gasteiger partial charge < -0.3 is 14.6 Å². The lowest BCUT2D eigenvalue weighted by Gasteiger charge is -2.10. The van der Waals surface area contributed by atoms with Crippen LogP contribution in [0.2, 0.25) is 0 Å². The lowest BCUT2D eigenvalue weighted by atomic mass is 10.2. The average molecular weight is 480 g/mol. The van der Waals surface area contributed by atoms with Crippen LogP contribution in [0.3, 0.4) is 0 Å². The number of aryl methyl sites for hydroxylation is 1. The van der Waals surface area contributed by atoms with E-state index in [2.05, 4.69) is 32.0 Å². The normalized spacial score (nSPS) is 10.9. The molecule has 170 valence electrons. The van der Waals surface area contributed by atoms with Crippen molar-refractivity contribution in [3.8, 4) is 17.1 Å². The van der Waals surface area contributed by atoms with E-state index in [0.29, 0.717) is 5.75 Å². The molecule has 0 aliphatic rings. The van der Waals surface area contributed by atoms with Gasteiger partial charge in [0.25, 0.3) is 0 Å². The van der Waals surface area contributed by atoms with E-state index in [9.17, 15) is 4.79 Å². The van der Waals surface area contributed by atoms with Crippen LogP contribution in [0.15, 0.2) is 59.1 Å². The minimum absolute atomic E-state index is 0.0648. The fraction of sp³-hybridized carbons (Fsp3) is 0.250. The van der Waals surface area contributed by atoms with Crippen molar-refractivity contribution in [3.05, 3.63) is 70.2 Å². The molecule has 0 atom stereocenters. The number of amides is 1. The summed E-state index contributed by atoms with van der Waals surface area (Å²) in [5.74, 6) is 2.14. The van der Waals surface area contributed by atoms with E-state index in [-0.39, 0.29) is 12.3 Å². The number of thiazole rings is 1. The largest absolute Gasteiger partial charge is 0.496 e. The third kappa shape index (κ3) is 5.43. The zero-order valence-corrected chi connectivity index (χ0v) is 20.4. The quantitative estimate of drug-likeness (QED) is 0.332. The van der Waals surface area contributed by atoms with Gasteiger partial charge in [0.2, 0.25) is 5.91 Å². The Morgan fingerprint density at radius 2 is 1.94 bits per heavy atom. The van der Waals surface area contributed by atoms with Gasteiger partial charge in [-0.3, -0.25) is 4.79 Å². The number of hydrogen-bond acceptors (Lipinski definition) is 7. The second kappa shape index (κ2) is 10.6. The molecule has 0 unspecified atom stereocenters. The second-order valence-corrected chi connectivity index (χ2v) is 9.20. The number of thioether (sulfide) groups is 1. The highest BCUT2D eigenvalue weighted by Crippen LogP contribution is 2.31. The predicted molar refractivity (Wildman–Crippen MR) is 133 cm³/mol. The lowest BCUT2D eigenvalue weighted by Crippen LogP contribution is -2.15. The number of carbonyl (C=O) groups excluding carboxylic acids is 1. The molecule has 4 aromatic rings. The van der Waals surface area contributed by atoms with E-state index in [1.54, 1.807) is 18.9 Å². The smallest absolute Gasteiger partial charge is 0.231 e. The zero-order chi connectivity index (χ0) is 23.2. The Hall–Kier alpha value is -3.17. The fourth-order valence-electron chi connectivity index (χ4n) is 3.39. The molecule has 0 bridgehead atoms. The van der Waals surface area contributed by atoms with Crippen LogP contribution in [-0.2, 0) is 23.5 Å². The van der Waals surface area contributed by atoms with E-state index >= 15 is 0 Å². The predicted octanol–water partition coefficient (Wildman–Crippen LogP) is 5.21. The number of para-hydroxylation sites is 2. The maximum Gasteiger partial charge on any atom is 0.231 e. The van der Waals surface area contributed by atoms with Gasteiger partial charge in [-0.15, -0.1) is 21.5 Å². The number of nitrogens with zero attached hydrogens (tertiary/aromatic N) is 4. The summed E-state index contributed by atoms with van der Waals surface area (Å²) in [4.78, 5) is 17.1. The summed E-state index contributed by atoms with van der Waals surface area (Å²) < 4.78 is 7.56. The molecular formula is C24H25N5O2S2. The molecule has 7 nitrogen and oxygen atoms in total. The topological polar surface area (TPSA) is 81.9 Å². The molecule has 2 aromatic carbocycles. The first-order valence-electron chi connectivity index (χ1n) is 10.6. The summed E-state index contributed by atoms with van der Waals surface area (Å²) >= 11 is 3.08. The number of aromatic nitrogens is 4. The SMILES string of the molecule is CCn1c(SCc2csc(CC(=O)Nc3ccccc3C)n2)nnc1-c1ccccc1OC. The minimum Gasteiger partial charge on any atom is -0.496 e. The van der Waals surface area contributed by atoms with Crippen molar-refractivity contribution in [2.45, 2.75) is 37.7 Å². The van der Waals surface area contributed by atoms with Crippen molar-refractivity contribution >= 4 is 34.7 Å². The Labute approximate surface area is 201 Å². The Morgan fingerprint density at radius 1 is 1.15 bits per heavy atom. The summed E-state index contributed by atoms with van der Waals surface area (Å²) in [5.41, 5.74) is 3.71. The second-order valence-electron chi connectivity index (χ2n) is 7.31. The fourth-order valence-corrected chi connectivity index (χ4v) is 5.18. The van der Waals surface area contributed by atoms with E-state index in [1.807, 2.05) is 60.8 Å². The van der Waals surface area contributed by atoms with Gasteiger partial charge in [0.05, 0.1) is 24.8 Å². The molecule has 1 N–H and O–H groups in total. The number of benzene rings is 2.